The molecule has 0 bridgehead atoms. The first-order valence-electron chi connectivity index (χ1n) is 11.5. The number of hydrogen-bond acceptors (Lipinski definition) is 6. The predicted octanol–water partition coefficient (Wildman–Crippen LogP) is 2.78. The maximum absolute atomic E-state index is 13.4. The number of carbonyl (C=O) groups is 3. The quantitative estimate of drug-likeness (QED) is 0.319. The van der Waals surface area contributed by atoms with Crippen LogP contribution < -0.4 is 5.32 Å². The molecule has 1 N–H and O–H groups in total. The van der Waals surface area contributed by atoms with Gasteiger partial charge >= 0.3 is 6.03 Å². The Morgan fingerprint density at radius 3 is 2.53 bits per heavy atom. The number of hydrogen-bond donors (Lipinski definition) is 1. The highest BCUT2D eigenvalue weighted by atomic mass is 16.2. The number of amides is 3. The predicted molar refractivity (Wildman–Crippen MR) is 131 cm³/mol. The molecule has 1 aliphatic heterocycles. The van der Waals surface area contributed by atoms with Crippen molar-refractivity contribution in [2.75, 3.05) is 6.54 Å². The van der Waals surface area contributed by atoms with Crippen molar-refractivity contribution in [2.45, 2.75) is 32.9 Å². The molecule has 2 aromatic carbocycles. The smallest absolute Gasteiger partial charge is 0.325 e. The van der Waals surface area contributed by atoms with Gasteiger partial charge in [-0.25, -0.2) is 9.48 Å². The molecule has 10 nitrogen and oxygen atoms in total. The third-order valence-corrected chi connectivity index (χ3v) is 6.67. The fourth-order valence-corrected chi connectivity index (χ4v) is 4.60. The Kier molecular flexibility index (Phi) is 5.71. The lowest BCUT2D eigenvalue weighted by Gasteiger charge is -2.22. The van der Waals surface area contributed by atoms with Crippen LogP contribution in [0.15, 0.2) is 67.0 Å². The second-order valence-corrected chi connectivity index (χ2v) is 9.03. The number of rotatable bonds is 7. The molecular weight excluding hydrogens is 458 g/mol. The lowest BCUT2D eigenvalue weighted by Crippen LogP contribution is -2.41. The molecule has 3 amide bonds. The first-order valence-corrected chi connectivity index (χ1v) is 11.5. The van der Waals surface area contributed by atoms with Gasteiger partial charge in [-0.15, -0.1) is 5.10 Å². The molecule has 0 saturated carbocycles. The number of urea groups is 1. The molecule has 10 heteroatoms. The average Bonchev–Trinajstić information content (AvgIpc) is 3.57. The van der Waals surface area contributed by atoms with Crippen molar-refractivity contribution in [3.63, 3.8) is 0 Å². The number of tetrazole rings is 1. The highest BCUT2D eigenvalue weighted by Gasteiger charge is 2.49. The van der Waals surface area contributed by atoms with Gasteiger partial charge in [0.25, 0.3) is 5.91 Å². The molecule has 5 rings (SSSR count). The van der Waals surface area contributed by atoms with Gasteiger partial charge in [0, 0.05) is 23.5 Å². The van der Waals surface area contributed by atoms with E-state index in [4.69, 9.17) is 0 Å². The number of nitrogens with one attached hydrogen (secondary N) is 1. The van der Waals surface area contributed by atoms with Gasteiger partial charge < -0.3 is 9.88 Å². The van der Waals surface area contributed by atoms with E-state index in [0.717, 1.165) is 21.9 Å². The summed E-state index contributed by atoms with van der Waals surface area (Å²) in [5.41, 5.74) is 3.22. The van der Waals surface area contributed by atoms with Gasteiger partial charge in [-0.3, -0.25) is 14.5 Å². The SMILES string of the molecule is Cc1cc(C(=O)CN2C(=O)N[C@@](C)(c3cccc(-n4cnnn4)c3)C2=O)c(C)n1Cc1ccccc1. The monoisotopic (exact) mass is 483 g/mol. The summed E-state index contributed by atoms with van der Waals surface area (Å²) in [5, 5.41) is 13.9. The summed E-state index contributed by atoms with van der Waals surface area (Å²) in [5.74, 6) is -0.787. The number of imide groups is 1. The molecule has 36 heavy (non-hydrogen) atoms. The van der Waals surface area contributed by atoms with Crippen LogP contribution in [0.5, 0.6) is 0 Å². The van der Waals surface area contributed by atoms with E-state index < -0.39 is 17.5 Å². The lowest BCUT2D eigenvalue weighted by molar-refractivity contribution is -0.130. The zero-order chi connectivity index (χ0) is 25.4. The second-order valence-electron chi connectivity index (χ2n) is 9.03. The van der Waals surface area contributed by atoms with Crippen LogP contribution in [0.3, 0.4) is 0 Å². The normalized spacial score (nSPS) is 17.5. The molecule has 0 radical (unpaired) electrons. The molecule has 4 aromatic rings. The van der Waals surface area contributed by atoms with Gasteiger partial charge in [0.2, 0.25) is 0 Å². The minimum absolute atomic E-state index is 0.294. The highest BCUT2D eigenvalue weighted by molar-refractivity contribution is 6.11. The van der Waals surface area contributed by atoms with Gasteiger partial charge in [0.05, 0.1) is 12.2 Å². The molecule has 3 heterocycles. The van der Waals surface area contributed by atoms with Crippen LogP contribution >= 0.6 is 0 Å². The highest BCUT2D eigenvalue weighted by Crippen LogP contribution is 2.30. The van der Waals surface area contributed by atoms with Crippen molar-refractivity contribution in [3.8, 4) is 5.69 Å². The van der Waals surface area contributed by atoms with Crippen molar-refractivity contribution in [2.24, 2.45) is 0 Å². The summed E-state index contributed by atoms with van der Waals surface area (Å²) in [6.07, 6.45) is 1.44. The molecule has 2 aromatic heterocycles. The molecule has 1 saturated heterocycles. The second kappa shape index (κ2) is 8.88. The molecular formula is C26H25N7O3. The fourth-order valence-electron chi connectivity index (χ4n) is 4.60. The maximum atomic E-state index is 13.4. The molecule has 182 valence electrons. The zero-order valence-electron chi connectivity index (χ0n) is 20.2. The number of carbonyl (C=O) groups excluding carboxylic acids is 3. The van der Waals surface area contributed by atoms with Crippen LogP contribution in [0.1, 0.15) is 39.8 Å². The Balaban J connectivity index is 1.37. The van der Waals surface area contributed by atoms with E-state index in [1.807, 2.05) is 50.2 Å². The van der Waals surface area contributed by atoms with E-state index in [1.165, 1.54) is 11.0 Å². The summed E-state index contributed by atoms with van der Waals surface area (Å²) >= 11 is 0. The van der Waals surface area contributed by atoms with Gasteiger partial charge in [-0.05, 0) is 60.5 Å². The number of aryl methyl sites for hydroxylation is 1. The maximum Gasteiger partial charge on any atom is 0.325 e. The zero-order valence-corrected chi connectivity index (χ0v) is 20.2. The van der Waals surface area contributed by atoms with E-state index in [1.54, 1.807) is 31.2 Å². The van der Waals surface area contributed by atoms with E-state index in [9.17, 15) is 14.4 Å². The summed E-state index contributed by atoms with van der Waals surface area (Å²) in [6.45, 7) is 5.73. The lowest BCUT2D eigenvalue weighted by atomic mass is 9.91. The van der Waals surface area contributed by atoms with E-state index in [-0.39, 0.29) is 12.3 Å². The average molecular weight is 484 g/mol. The Hall–Kier alpha value is -4.60. The van der Waals surface area contributed by atoms with Crippen LogP contribution in [0, 0.1) is 13.8 Å². The Morgan fingerprint density at radius 1 is 1.03 bits per heavy atom. The molecule has 1 aliphatic rings. The Labute approximate surface area is 207 Å². The van der Waals surface area contributed by atoms with Crippen molar-refractivity contribution in [1.82, 2.24) is 35.0 Å². The third kappa shape index (κ3) is 3.96. The van der Waals surface area contributed by atoms with Crippen LogP contribution in [-0.4, -0.2) is 53.9 Å². The minimum Gasteiger partial charge on any atom is -0.344 e. The minimum atomic E-state index is -1.33. The standard InChI is InChI=1S/C26H25N7O3/c1-17-12-22(18(2)31(17)14-19-8-5-4-6-9-19)23(34)15-32-24(35)26(3,28-25(32)36)20-10-7-11-21(13-20)33-16-27-29-30-33/h4-13,16H,14-15H2,1-3H3,(H,28,36)/t26-/m0/s1. The molecule has 0 unspecified atom stereocenters. The molecule has 1 atom stereocenters. The van der Waals surface area contributed by atoms with Crippen molar-refractivity contribution < 1.29 is 14.4 Å². The summed E-state index contributed by atoms with van der Waals surface area (Å²) in [6, 6.07) is 18.2. The summed E-state index contributed by atoms with van der Waals surface area (Å²) in [7, 11) is 0. The number of benzene rings is 2. The number of ketones is 1. The fraction of sp³-hybridized carbons (Fsp3) is 0.231. The van der Waals surface area contributed by atoms with Crippen LogP contribution in [0.4, 0.5) is 4.79 Å². The number of Topliss-reactive ketones (excluding diaryl/α,β-unsaturated/α-hetero) is 1. The van der Waals surface area contributed by atoms with Crippen molar-refractivity contribution in [1.29, 1.82) is 0 Å². The first-order chi connectivity index (χ1) is 17.3. The van der Waals surface area contributed by atoms with Crippen LogP contribution in [0.2, 0.25) is 0 Å². The first kappa shape index (κ1) is 23.2. The van der Waals surface area contributed by atoms with Crippen molar-refractivity contribution >= 4 is 17.7 Å². The largest absolute Gasteiger partial charge is 0.344 e. The van der Waals surface area contributed by atoms with Gasteiger partial charge in [0.1, 0.15) is 11.9 Å². The van der Waals surface area contributed by atoms with Gasteiger partial charge in [-0.2, -0.15) is 0 Å². The molecule has 0 spiro atoms. The number of aromatic nitrogens is 5. The summed E-state index contributed by atoms with van der Waals surface area (Å²) < 4.78 is 3.52. The summed E-state index contributed by atoms with van der Waals surface area (Å²) in [4.78, 5) is 40.5. The van der Waals surface area contributed by atoms with Crippen LogP contribution in [-0.2, 0) is 16.9 Å². The topological polar surface area (TPSA) is 115 Å². The number of nitrogens with zero attached hydrogens (tertiary/aromatic N) is 6. The van der Waals surface area contributed by atoms with E-state index in [2.05, 4.69) is 25.4 Å². The molecule has 1 fully saturated rings. The van der Waals surface area contributed by atoms with Crippen molar-refractivity contribution in [3.05, 3.63) is 95.1 Å². The van der Waals surface area contributed by atoms with E-state index >= 15 is 0 Å². The van der Waals surface area contributed by atoms with Gasteiger partial charge in [0.15, 0.2) is 5.78 Å². The van der Waals surface area contributed by atoms with Crippen LogP contribution in [0.25, 0.3) is 5.69 Å². The van der Waals surface area contributed by atoms with Gasteiger partial charge in [-0.1, -0.05) is 42.5 Å². The van der Waals surface area contributed by atoms with E-state index in [0.29, 0.717) is 23.4 Å². The molecule has 0 aliphatic carbocycles. The Morgan fingerprint density at radius 2 is 1.81 bits per heavy atom. The Bertz CT molecular complexity index is 1460. The third-order valence-electron chi connectivity index (χ3n) is 6.67.